The van der Waals surface area contributed by atoms with Gasteiger partial charge < -0.3 is 0 Å². The van der Waals surface area contributed by atoms with Crippen molar-refractivity contribution in [1.29, 1.82) is 0 Å². The third-order valence-electron chi connectivity index (χ3n) is 1.80. The molecule has 1 aromatic carbocycles. The van der Waals surface area contributed by atoms with E-state index in [1.165, 1.54) is 0 Å². The molecule has 0 heterocycles. The molecule has 96 valence electrons. The van der Waals surface area contributed by atoms with Crippen molar-refractivity contribution >= 4 is 64.9 Å². The molecule has 0 aliphatic heterocycles. The summed E-state index contributed by atoms with van der Waals surface area (Å²) in [5.74, 6) is 0. The molecule has 0 spiro atoms. The number of nitrogens with zero attached hydrogens (tertiary/aromatic N) is 3. The first kappa shape index (κ1) is 14.9. The van der Waals surface area contributed by atoms with Crippen LogP contribution < -0.4 is 0 Å². The van der Waals surface area contributed by atoms with E-state index < -0.39 is 31.8 Å². The van der Waals surface area contributed by atoms with E-state index in [1.807, 2.05) is 0 Å². The molecule has 0 unspecified atom stereocenters. The molecule has 9 nitrogen and oxygen atoms in total. The Morgan fingerprint density at radius 1 is 0.611 bits per heavy atom. The highest BCUT2D eigenvalue weighted by molar-refractivity contribution is 9.14. The minimum atomic E-state index is -1.19. The third kappa shape index (κ3) is 2.35. The summed E-state index contributed by atoms with van der Waals surface area (Å²) in [6.07, 6.45) is 0. The van der Waals surface area contributed by atoms with Crippen LogP contribution in [0.5, 0.6) is 0 Å². The maximum Gasteiger partial charge on any atom is 0.424 e. The largest absolute Gasteiger partial charge is 0.424 e. The number of halogens is 3. The molecule has 1 rings (SSSR count). The second kappa shape index (κ2) is 5.24. The number of benzene rings is 1. The van der Waals surface area contributed by atoms with Crippen LogP contribution in [-0.2, 0) is 0 Å². The molecular weight excluding hydrogens is 450 g/mol. The summed E-state index contributed by atoms with van der Waals surface area (Å²) in [7, 11) is 0. The van der Waals surface area contributed by atoms with E-state index in [2.05, 4.69) is 47.8 Å². The van der Waals surface area contributed by atoms with E-state index in [-0.39, 0.29) is 13.4 Å². The van der Waals surface area contributed by atoms with E-state index in [0.29, 0.717) is 0 Å². The molecule has 12 heteroatoms. The van der Waals surface area contributed by atoms with Crippen molar-refractivity contribution in [3.63, 3.8) is 0 Å². The van der Waals surface area contributed by atoms with E-state index in [0.717, 1.165) is 0 Å². The highest BCUT2D eigenvalue weighted by atomic mass is 79.9. The van der Waals surface area contributed by atoms with Gasteiger partial charge in [0, 0.05) is 0 Å². The predicted octanol–water partition coefficient (Wildman–Crippen LogP) is 3.70. The minimum absolute atomic E-state index is 0.0495. The molecular formula is C6Br3N3O6. The molecule has 0 saturated carbocycles. The van der Waals surface area contributed by atoms with Gasteiger partial charge in [0.15, 0.2) is 0 Å². The lowest BCUT2D eigenvalue weighted by molar-refractivity contribution is -0.441. The molecule has 0 aliphatic rings. The average Bonchev–Trinajstić information content (AvgIpc) is 2.23. The summed E-state index contributed by atoms with van der Waals surface area (Å²) >= 11 is 8.45. The Hall–Kier alpha value is -1.14. The van der Waals surface area contributed by atoms with E-state index >= 15 is 0 Å². The summed E-state index contributed by atoms with van der Waals surface area (Å²) < 4.78 is -0.556. The van der Waals surface area contributed by atoms with E-state index in [1.54, 1.807) is 0 Å². The van der Waals surface area contributed by atoms with Crippen molar-refractivity contribution in [2.45, 2.75) is 0 Å². The lowest BCUT2D eigenvalue weighted by atomic mass is 10.2. The van der Waals surface area contributed by atoms with Crippen molar-refractivity contribution in [3.8, 4) is 0 Å². The first-order chi connectivity index (χ1) is 8.20. The zero-order chi connectivity index (χ0) is 14.2. The maximum atomic E-state index is 10.8. The second-order valence-electron chi connectivity index (χ2n) is 2.76. The number of hydrogen-bond donors (Lipinski definition) is 0. The fourth-order valence-electron chi connectivity index (χ4n) is 1.13. The SMILES string of the molecule is O=[N+]([O-])c1c(Br)c(Br)c(Br)c([N+](=O)[O-])c1[N+](=O)[O-]. The van der Waals surface area contributed by atoms with Crippen LogP contribution in [0.3, 0.4) is 0 Å². The third-order valence-corrected chi connectivity index (χ3v) is 5.20. The van der Waals surface area contributed by atoms with Gasteiger partial charge in [0.2, 0.25) is 0 Å². The lowest BCUT2D eigenvalue weighted by Gasteiger charge is -2.03. The van der Waals surface area contributed by atoms with Crippen molar-refractivity contribution < 1.29 is 14.8 Å². The van der Waals surface area contributed by atoms with Crippen molar-refractivity contribution in [1.82, 2.24) is 0 Å². The van der Waals surface area contributed by atoms with Gasteiger partial charge >= 0.3 is 17.1 Å². The van der Waals surface area contributed by atoms with Gasteiger partial charge in [-0.1, -0.05) is 0 Å². The van der Waals surface area contributed by atoms with Gasteiger partial charge in [0.25, 0.3) is 0 Å². The fourth-order valence-corrected chi connectivity index (χ4v) is 2.83. The normalized spacial score (nSPS) is 10.2. The highest BCUT2D eigenvalue weighted by Gasteiger charge is 2.42. The van der Waals surface area contributed by atoms with Crippen molar-refractivity contribution in [3.05, 3.63) is 43.8 Å². The number of nitro benzene ring substituents is 3. The summed E-state index contributed by atoms with van der Waals surface area (Å²) in [5.41, 5.74) is -3.16. The van der Waals surface area contributed by atoms with Crippen molar-refractivity contribution in [2.75, 3.05) is 0 Å². The Balaban J connectivity index is 3.99. The van der Waals surface area contributed by atoms with Gasteiger partial charge in [-0.25, -0.2) is 0 Å². The zero-order valence-corrected chi connectivity index (χ0v) is 12.7. The minimum Gasteiger partial charge on any atom is -0.258 e. The molecule has 0 aromatic heterocycles. The highest BCUT2D eigenvalue weighted by Crippen LogP contribution is 2.50. The zero-order valence-electron chi connectivity index (χ0n) is 7.93. The molecule has 0 amide bonds. The molecule has 0 N–H and O–H groups in total. The lowest BCUT2D eigenvalue weighted by Crippen LogP contribution is -2.04. The fraction of sp³-hybridized carbons (Fsp3) is 0. The Morgan fingerprint density at radius 2 is 0.889 bits per heavy atom. The van der Waals surface area contributed by atoms with Gasteiger partial charge in [0.1, 0.15) is 8.95 Å². The molecule has 0 radical (unpaired) electrons. The van der Waals surface area contributed by atoms with Crippen LogP contribution in [0.2, 0.25) is 0 Å². The van der Waals surface area contributed by atoms with Crippen LogP contribution in [-0.4, -0.2) is 14.8 Å². The monoisotopic (exact) mass is 447 g/mol. The molecule has 0 atom stereocenters. The molecule has 0 aliphatic carbocycles. The molecule has 0 fully saturated rings. The van der Waals surface area contributed by atoms with Gasteiger partial charge in [0.05, 0.1) is 19.2 Å². The summed E-state index contributed by atoms with van der Waals surface area (Å²) in [6, 6.07) is 0. The van der Waals surface area contributed by atoms with Gasteiger partial charge in [-0.3, -0.25) is 30.3 Å². The van der Waals surface area contributed by atoms with Gasteiger partial charge in [-0.15, -0.1) is 0 Å². The number of nitro groups is 3. The molecule has 0 bridgehead atoms. The first-order valence-electron chi connectivity index (χ1n) is 3.83. The van der Waals surface area contributed by atoms with E-state index in [9.17, 15) is 30.3 Å². The smallest absolute Gasteiger partial charge is 0.258 e. The summed E-state index contributed by atoms with van der Waals surface area (Å²) in [5, 5.41) is 32.4. The van der Waals surface area contributed by atoms with Crippen LogP contribution in [0, 0.1) is 30.3 Å². The summed E-state index contributed by atoms with van der Waals surface area (Å²) in [4.78, 5) is 29.1. The van der Waals surface area contributed by atoms with E-state index in [4.69, 9.17) is 0 Å². The Morgan fingerprint density at radius 3 is 1.11 bits per heavy atom. The molecule has 0 saturated heterocycles. The van der Waals surface area contributed by atoms with Gasteiger partial charge in [-0.05, 0) is 47.8 Å². The average molecular weight is 450 g/mol. The topological polar surface area (TPSA) is 129 Å². The number of hydrogen-bond acceptors (Lipinski definition) is 6. The van der Waals surface area contributed by atoms with Crippen LogP contribution >= 0.6 is 47.8 Å². The Kier molecular flexibility index (Phi) is 4.34. The van der Waals surface area contributed by atoms with Crippen LogP contribution in [0.25, 0.3) is 0 Å². The predicted molar refractivity (Wildman–Crippen MR) is 69.5 cm³/mol. The molecule has 18 heavy (non-hydrogen) atoms. The second-order valence-corrected chi connectivity index (χ2v) is 5.14. The van der Waals surface area contributed by atoms with Gasteiger partial charge in [-0.2, -0.15) is 0 Å². The quantitative estimate of drug-likeness (QED) is 0.393. The Labute approximate surface area is 123 Å². The van der Waals surface area contributed by atoms with Crippen LogP contribution in [0.15, 0.2) is 13.4 Å². The maximum absolute atomic E-state index is 10.8. The molecule has 1 aromatic rings. The van der Waals surface area contributed by atoms with Crippen LogP contribution in [0.1, 0.15) is 0 Å². The standard InChI is InChI=1S/C6Br3N3O6/c7-1-2(8)4(10(13)14)6(12(17)18)5(3(1)9)11(15)16. The van der Waals surface area contributed by atoms with Crippen LogP contribution in [0.4, 0.5) is 17.1 Å². The number of rotatable bonds is 3. The first-order valence-corrected chi connectivity index (χ1v) is 6.21. The Bertz CT molecular complexity index is 547. The summed E-state index contributed by atoms with van der Waals surface area (Å²) in [6.45, 7) is 0. The van der Waals surface area contributed by atoms with Crippen molar-refractivity contribution in [2.24, 2.45) is 0 Å².